The molecule has 0 amide bonds. The summed E-state index contributed by atoms with van der Waals surface area (Å²) in [4.78, 5) is 6.97. The molecule has 0 aliphatic carbocycles. The number of anilines is 1. The van der Waals surface area contributed by atoms with Crippen molar-refractivity contribution in [3.63, 3.8) is 0 Å². The minimum atomic E-state index is -3.44. The number of nitrogens with zero attached hydrogens (tertiary/aromatic N) is 2. The molecule has 0 spiro atoms. The minimum absolute atomic E-state index is 0.0339. The number of sulfonamides is 1. The fourth-order valence-corrected chi connectivity index (χ4v) is 2.47. The summed E-state index contributed by atoms with van der Waals surface area (Å²) in [6.45, 7) is 0. The molecule has 0 atom stereocenters. The van der Waals surface area contributed by atoms with Crippen molar-refractivity contribution in [2.45, 2.75) is 0 Å². The summed E-state index contributed by atoms with van der Waals surface area (Å²) in [5.41, 5.74) is 6.98. The van der Waals surface area contributed by atoms with E-state index < -0.39 is 10.0 Å². The van der Waals surface area contributed by atoms with Gasteiger partial charge in [-0.1, -0.05) is 12.2 Å². The highest BCUT2D eigenvalue weighted by Gasteiger charge is 2.12. The molecular weight excluding hydrogens is 310 g/mol. The largest absolute Gasteiger partial charge is 0.389 e. The number of hydrogen-bond donors (Lipinski definition) is 3. The predicted molar refractivity (Wildman–Crippen MR) is 84.9 cm³/mol. The quantitative estimate of drug-likeness (QED) is 0.440. The number of nitriles is 1. The average Bonchev–Trinajstić information content (AvgIpc) is 2.78. The lowest BCUT2D eigenvalue weighted by molar-refractivity contribution is 0.607. The molecule has 0 fully saturated rings. The van der Waals surface area contributed by atoms with Gasteiger partial charge in [0.2, 0.25) is 10.0 Å². The molecule has 0 aromatic carbocycles. The highest BCUT2D eigenvalue weighted by atomic mass is 32.2. The second kappa shape index (κ2) is 5.51. The summed E-state index contributed by atoms with van der Waals surface area (Å²) in [5.74, 6) is 0. The number of H-pyrrole nitrogens is 1. The van der Waals surface area contributed by atoms with Gasteiger partial charge in [0.05, 0.1) is 22.9 Å². The third-order valence-electron chi connectivity index (χ3n) is 2.59. The second-order valence-corrected chi connectivity index (χ2v) is 6.42. The fraction of sp³-hybridized carbons (Fsp3) is 0.0833. The number of nitrogens with two attached hydrogens (primary N) is 1. The van der Waals surface area contributed by atoms with E-state index in [1.807, 2.05) is 6.07 Å². The van der Waals surface area contributed by atoms with Crippen molar-refractivity contribution >= 4 is 50.0 Å². The van der Waals surface area contributed by atoms with Crippen molar-refractivity contribution in [2.75, 3.05) is 11.0 Å². The number of aromatic nitrogens is 2. The number of aromatic amines is 1. The number of pyridine rings is 1. The Hall–Kier alpha value is -2.44. The smallest absolute Gasteiger partial charge is 0.229 e. The van der Waals surface area contributed by atoms with E-state index in [4.69, 9.17) is 23.2 Å². The zero-order chi connectivity index (χ0) is 15.6. The van der Waals surface area contributed by atoms with E-state index in [0.717, 1.165) is 6.26 Å². The molecular formula is C12H11N5O2S2. The van der Waals surface area contributed by atoms with Gasteiger partial charge in [0.15, 0.2) is 0 Å². The van der Waals surface area contributed by atoms with E-state index in [1.54, 1.807) is 6.20 Å². The van der Waals surface area contributed by atoms with Crippen LogP contribution < -0.4 is 10.5 Å². The molecule has 0 radical (unpaired) electrons. The summed E-state index contributed by atoms with van der Waals surface area (Å²) >= 11 is 4.78. The molecule has 108 valence electrons. The van der Waals surface area contributed by atoms with Crippen LogP contribution in [0.1, 0.15) is 5.56 Å². The van der Waals surface area contributed by atoms with Crippen LogP contribution in [0.3, 0.4) is 0 Å². The molecule has 2 aromatic rings. The van der Waals surface area contributed by atoms with E-state index in [1.165, 1.54) is 18.3 Å². The van der Waals surface area contributed by atoms with Crippen molar-refractivity contribution < 1.29 is 8.42 Å². The van der Waals surface area contributed by atoms with Crippen molar-refractivity contribution in [3.8, 4) is 6.07 Å². The molecule has 0 aliphatic rings. The summed E-state index contributed by atoms with van der Waals surface area (Å²) < 4.78 is 25.2. The molecule has 9 heteroatoms. The normalized spacial score (nSPS) is 12.1. The van der Waals surface area contributed by atoms with Gasteiger partial charge in [-0.05, 0) is 12.1 Å². The van der Waals surface area contributed by atoms with Crippen molar-refractivity contribution in [1.29, 1.82) is 5.26 Å². The fourth-order valence-electron chi connectivity index (χ4n) is 1.79. The molecule has 2 aromatic heterocycles. The third-order valence-corrected chi connectivity index (χ3v) is 3.40. The summed E-state index contributed by atoms with van der Waals surface area (Å²) in [6.07, 6.45) is 5.60. The van der Waals surface area contributed by atoms with Crippen molar-refractivity contribution in [2.24, 2.45) is 5.73 Å². The molecule has 0 saturated carbocycles. The molecule has 4 N–H and O–H groups in total. The predicted octanol–water partition coefficient (Wildman–Crippen LogP) is 1.13. The Morgan fingerprint density at radius 1 is 1.62 bits per heavy atom. The maximum absolute atomic E-state index is 11.4. The summed E-state index contributed by atoms with van der Waals surface area (Å²) in [7, 11) is -3.44. The molecule has 7 nitrogen and oxygen atoms in total. The Kier molecular flexibility index (Phi) is 3.93. The van der Waals surface area contributed by atoms with Gasteiger partial charge in [-0.3, -0.25) is 4.72 Å². The Morgan fingerprint density at radius 3 is 2.90 bits per heavy atom. The average molecular weight is 321 g/mol. The van der Waals surface area contributed by atoms with Gasteiger partial charge in [0.25, 0.3) is 0 Å². The first-order valence-electron chi connectivity index (χ1n) is 5.67. The monoisotopic (exact) mass is 321 g/mol. The van der Waals surface area contributed by atoms with Crippen LogP contribution in [0.25, 0.3) is 17.1 Å². The topological polar surface area (TPSA) is 125 Å². The van der Waals surface area contributed by atoms with Gasteiger partial charge in [-0.25, -0.2) is 13.4 Å². The van der Waals surface area contributed by atoms with Gasteiger partial charge >= 0.3 is 0 Å². The number of rotatable bonds is 4. The lowest BCUT2D eigenvalue weighted by Gasteiger charge is -2.06. The van der Waals surface area contributed by atoms with E-state index >= 15 is 0 Å². The van der Waals surface area contributed by atoms with E-state index in [0.29, 0.717) is 22.3 Å². The Balaban J connectivity index is 2.67. The Morgan fingerprint density at radius 2 is 2.33 bits per heavy atom. The van der Waals surface area contributed by atoms with Gasteiger partial charge in [0.1, 0.15) is 16.7 Å². The zero-order valence-corrected chi connectivity index (χ0v) is 12.5. The lowest BCUT2D eigenvalue weighted by Crippen LogP contribution is -2.10. The summed E-state index contributed by atoms with van der Waals surface area (Å²) in [5, 5.41) is 9.53. The van der Waals surface area contributed by atoms with Crippen LogP contribution in [-0.2, 0) is 10.0 Å². The second-order valence-electron chi connectivity index (χ2n) is 4.23. The zero-order valence-electron chi connectivity index (χ0n) is 10.9. The van der Waals surface area contributed by atoms with Crippen LogP contribution in [0.2, 0.25) is 0 Å². The molecule has 21 heavy (non-hydrogen) atoms. The van der Waals surface area contributed by atoms with Crippen LogP contribution in [0, 0.1) is 11.3 Å². The van der Waals surface area contributed by atoms with E-state index in [9.17, 15) is 8.42 Å². The van der Waals surface area contributed by atoms with Gasteiger partial charge in [-0.2, -0.15) is 5.26 Å². The number of hydrogen-bond acceptors (Lipinski definition) is 5. The van der Waals surface area contributed by atoms with Gasteiger partial charge < -0.3 is 10.7 Å². The highest BCUT2D eigenvalue weighted by molar-refractivity contribution is 7.92. The SMILES string of the molecule is CS(=O)(=O)Nc1ccnc2[nH]cc(C=C(C#N)C(N)=S)c12. The van der Waals surface area contributed by atoms with Crippen molar-refractivity contribution in [1.82, 2.24) is 9.97 Å². The van der Waals surface area contributed by atoms with E-state index in [-0.39, 0.29) is 10.6 Å². The summed E-state index contributed by atoms with van der Waals surface area (Å²) in [6, 6.07) is 3.42. The number of nitrogens with one attached hydrogen (secondary N) is 2. The minimum Gasteiger partial charge on any atom is -0.389 e. The molecule has 0 aliphatic heterocycles. The first-order chi connectivity index (χ1) is 9.81. The third kappa shape index (κ3) is 3.36. The Labute approximate surface area is 126 Å². The number of fused-ring (bicyclic) bond motifs is 1. The van der Waals surface area contributed by atoms with Crippen molar-refractivity contribution in [3.05, 3.63) is 29.6 Å². The van der Waals surface area contributed by atoms with Crippen LogP contribution >= 0.6 is 12.2 Å². The molecule has 2 rings (SSSR count). The molecule has 2 heterocycles. The molecule has 0 unspecified atom stereocenters. The van der Waals surface area contributed by atoms with Crippen LogP contribution in [0.4, 0.5) is 5.69 Å². The first kappa shape index (κ1) is 15.0. The van der Waals surface area contributed by atoms with E-state index in [2.05, 4.69) is 14.7 Å². The van der Waals surface area contributed by atoms with Crippen LogP contribution in [-0.4, -0.2) is 29.6 Å². The molecule has 0 saturated heterocycles. The maximum Gasteiger partial charge on any atom is 0.229 e. The van der Waals surface area contributed by atoms with Crippen LogP contribution in [0.15, 0.2) is 24.0 Å². The standard InChI is InChI=1S/C12H11N5O2S2/c1-21(18,19)17-9-2-3-15-12-10(9)8(6-16-12)4-7(5-13)11(14)20/h2-4,6H,1H3,(H2,14,20)(H2,15,16,17). The Bertz CT molecular complexity index is 890. The maximum atomic E-state index is 11.4. The highest BCUT2D eigenvalue weighted by Crippen LogP contribution is 2.27. The van der Waals surface area contributed by atoms with Gasteiger partial charge in [0, 0.05) is 18.0 Å². The number of thiocarbonyl (C=S) groups is 1. The molecule has 0 bridgehead atoms. The first-order valence-corrected chi connectivity index (χ1v) is 7.97. The lowest BCUT2D eigenvalue weighted by atomic mass is 10.1. The van der Waals surface area contributed by atoms with Gasteiger partial charge in [-0.15, -0.1) is 0 Å². The van der Waals surface area contributed by atoms with Crippen LogP contribution in [0.5, 0.6) is 0 Å².